The van der Waals surface area contributed by atoms with Crippen molar-refractivity contribution in [1.82, 2.24) is 0 Å². The molecule has 0 unspecified atom stereocenters. The topological polar surface area (TPSA) is 86.0 Å². The summed E-state index contributed by atoms with van der Waals surface area (Å²) >= 11 is 1.36. The largest absolute Gasteiger partial charge is 0.478 e. The van der Waals surface area contributed by atoms with E-state index < -0.39 is 11.6 Å². The molecule has 3 aromatic rings. The second kappa shape index (κ2) is 6.86. The summed E-state index contributed by atoms with van der Waals surface area (Å²) in [4.78, 5) is 34.2. The van der Waals surface area contributed by atoms with Gasteiger partial charge in [0, 0.05) is 34.1 Å². The molecule has 2 aromatic carbocycles. The zero-order valence-corrected chi connectivity index (χ0v) is 14.4. The number of carboxylic acid groups (broad SMARTS) is 1. The van der Waals surface area contributed by atoms with Crippen LogP contribution < -0.4 is 10.5 Å². The van der Waals surface area contributed by atoms with Crippen molar-refractivity contribution in [3.05, 3.63) is 69.6 Å². The van der Waals surface area contributed by atoms with Gasteiger partial charge < -0.3 is 14.4 Å². The zero-order chi connectivity index (χ0) is 18.1. The number of thioether (sulfide) groups is 1. The van der Waals surface area contributed by atoms with Crippen LogP contribution in [0.25, 0.3) is 11.0 Å². The molecule has 0 spiro atoms. The second-order valence-electron chi connectivity index (χ2n) is 5.79. The van der Waals surface area contributed by atoms with Crippen LogP contribution in [-0.2, 0) is 17.1 Å². The van der Waals surface area contributed by atoms with E-state index in [-0.39, 0.29) is 5.56 Å². The standard InChI is InChI=1S/C19H14O6S/c20-18-8-12(10-26-17-4-2-1-3-13(17)19(21)22)14-9-15-11(5-6-23-25-15)7-16(14)24-18/h1-4,7-9H,5-6,10H2,(H,21,22). The Morgan fingerprint density at radius 3 is 2.88 bits per heavy atom. The maximum absolute atomic E-state index is 11.9. The molecule has 1 aromatic heterocycles. The minimum atomic E-state index is -0.981. The van der Waals surface area contributed by atoms with E-state index in [9.17, 15) is 14.7 Å². The third-order valence-corrected chi connectivity index (χ3v) is 5.24. The summed E-state index contributed by atoms with van der Waals surface area (Å²) in [6.07, 6.45) is 0.681. The van der Waals surface area contributed by atoms with E-state index in [1.54, 1.807) is 36.4 Å². The van der Waals surface area contributed by atoms with Gasteiger partial charge >= 0.3 is 11.6 Å². The number of benzene rings is 2. The van der Waals surface area contributed by atoms with Gasteiger partial charge in [0.25, 0.3) is 0 Å². The molecule has 2 heterocycles. The van der Waals surface area contributed by atoms with Crippen molar-refractivity contribution in [1.29, 1.82) is 0 Å². The first kappa shape index (κ1) is 16.7. The molecule has 0 fully saturated rings. The summed E-state index contributed by atoms with van der Waals surface area (Å²) in [6.45, 7) is 0.449. The summed E-state index contributed by atoms with van der Waals surface area (Å²) in [5.74, 6) is 0.0476. The fourth-order valence-corrected chi connectivity index (χ4v) is 3.90. The average molecular weight is 370 g/mol. The molecule has 26 heavy (non-hydrogen) atoms. The van der Waals surface area contributed by atoms with Gasteiger partial charge in [-0.2, -0.15) is 4.89 Å². The van der Waals surface area contributed by atoms with Crippen molar-refractivity contribution < 1.29 is 24.1 Å². The number of hydrogen-bond donors (Lipinski definition) is 1. The van der Waals surface area contributed by atoms with E-state index in [2.05, 4.69) is 0 Å². The molecule has 7 heteroatoms. The molecule has 1 N–H and O–H groups in total. The molecule has 0 saturated heterocycles. The normalized spacial score (nSPS) is 13.2. The summed E-state index contributed by atoms with van der Waals surface area (Å²) in [6, 6.07) is 11.8. The highest BCUT2D eigenvalue weighted by Gasteiger charge is 2.17. The van der Waals surface area contributed by atoms with Gasteiger partial charge in [-0.1, -0.05) is 12.1 Å². The molecule has 0 aliphatic carbocycles. The van der Waals surface area contributed by atoms with Gasteiger partial charge in [-0.3, -0.25) is 0 Å². The molecule has 0 bridgehead atoms. The van der Waals surface area contributed by atoms with Crippen LogP contribution in [0.3, 0.4) is 0 Å². The van der Waals surface area contributed by atoms with E-state index in [1.807, 2.05) is 0 Å². The lowest BCUT2D eigenvalue weighted by Gasteiger charge is -2.16. The fraction of sp³-hybridized carbons (Fsp3) is 0.158. The van der Waals surface area contributed by atoms with Gasteiger partial charge in [-0.15, -0.1) is 11.8 Å². The van der Waals surface area contributed by atoms with Crippen molar-refractivity contribution in [3.63, 3.8) is 0 Å². The maximum Gasteiger partial charge on any atom is 0.336 e. The van der Waals surface area contributed by atoms with Crippen LogP contribution in [-0.4, -0.2) is 17.7 Å². The Bertz CT molecular complexity index is 1060. The van der Waals surface area contributed by atoms with E-state index in [0.29, 0.717) is 35.0 Å². The van der Waals surface area contributed by atoms with Crippen molar-refractivity contribution in [2.45, 2.75) is 17.1 Å². The average Bonchev–Trinajstić information content (AvgIpc) is 2.64. The summed E-state index contributed by atoms with van der Waals surface area (Å²) in [7, 11) is 0. The van der Waals surface area contributed by atoms with Crippen molar-refractivity contribution >= 4 is 28.7 Å². The molecular formula is C19H14O6S. The van der Waals surface area contributed by atoms with Crippen LogP contribution in [0, 0.1) is 0 Å². The number of carbonyl (C=O) groups is 1. The Hall–Kier alpha value is -2.77. The van der Waals surface area contributed by atoms with Crippen LogP contribution in [0.2, 0.25) is 0 Å². The quantitative estimate of drug-likeness (QED) is 0.426. The minimum Gasteiger partial charge on any atom is -0.478 e. The smallest absolute Gasteiger partial charge is 0.336 e. The van der Waals surface area contributed by atoms with Gasteiger partial charge in [0.15, 0.2) is 5.75 Å². The molecular weight excluding hydrogens is 356 g/mol. The van der Waals surface area contributed by atoms with Crippen molar-refractivity contribution in [3.8, 4) is 5.75 Å². The van der Waals surface area contributed by atoms with E-state index in [1.165, 1.54) is 17.8 Å². The third kappa shape index (κ3) is 3.18. The maximum atomic E-state index is 11.9. The minimum absolute atomic E-state index is 0.235. The van der Waals surface area contributed by atoms with Crippen LogP contribution in [0.1, 0.15) is 21.5 Å². The Kier molecular flexibility index (Phi) is 4.40. The molecule has 6 nitrogen and oxygen atoms in total. The fourth-order valence-electron chi connectivity index (χ4n) is 2.87. The zero-order valence-electron chi connectivity index (χ0n) is 13.6. The Morgan fingerprint density at radius 2 is 2.04 bits per heavy atom. The first-order valence-corrected chi connectivity index (χ1v) is 8.94. The summed E-state index contributed by atoms with van der Waals surface area (Å²) in [5, 5.41) is 10.0. The van der Waals surface area contributed by atoms with Gasteiger partial charge in [0.1, 0.15) is 5.58 Å². The van der Waals surface area contributed by atoms with Gasteiger partial charge in [-0.05, 0) is 29.8 Å². The lowest BCUT2D eigenvalue weighted by atomic mass is 10.1. The first-order chi connectivity index (χ1) is 12.6. The SMILES string of the molecule is O=C(O)c1ccccc1SCc1cc(=O)oc2cc3c(cc12)OOCC3. The van der Waals surface area contributed by atoms with Gasteiger partial charge in [0.05, 0.1) is 12.2 Å². The molecule has 4 rings (SSSR count). The highest BCUT2D eigenvalue weighted by Crippen LogP contribution is 2.33. The molecule has 1 aliphatic heterocycles. The lowest BCUT2D eigenvalue weighted by Crippen LogP contribution is -2.11. The van der Waals surface area contributed by atoms with Gasteiger partial charge in [0.2, 0.25) is 0 Å². The number of fused-ring (bicyclic) bond motifs is 2. The first-order valence-electron chi connectivity index (χ1n) is 7.96. The Labute approximate surface area is 152 Å². The molecule has 0 amide bonds. The molecule has 132 valence electrons. The van der Waals surface area contributed by atoms with E-state index in [0.717, 1.165) is 16.5 Å². The highest BCUT2D eigenvalue weighted by atomic mass is 32.2. The lowest BCUT2D eigenvalue weighted by molar-refractivity contribution is -0.215. The summed E-state index contributed by atoms with van der Waals surface area (Å²) < 4.78 is 5.33. The van der Waals surface area contributed by atoms with E-state index in [4.69, 9.17) is 14.2 Å². The number of hydrogen-bond acceptors (Lipinski definition) is 6. The van der Waals surface area contributed by atoms with E-state index >= 15 is 0 Å². The van der Waals surface area contributed by atoms with Crippen molar-refractivity contribution in [2.75, 3.05) is 6.61 Å². The predicted molar refractivity (Wildman–Crippen MR) is 95.7 cm³/mol. The third-order valence-electron chi connectivity index (χ3n) is 4.12. The number of aromatic carboxylic acids is 1. The highest BCUT2D eigenvalue weighted by molar-refractivity contribution is 7.98. The Balaban J connectivity index is 1.72. The monoisotopic (exact) mass is 370 g/mol. The van der Waals surface area contributed by atoms with Crippen LogP contribution >= 0.6 is 11.8 Å². The number of carboxylic acids is 1. The molecule has 0 saturated carbocycles. The van der Waals surface area contributed by atoms with Gasteiger partial charge in [-0.25, -0.2) is 9.59 Å². The van der Waals surface area contributed by atoms with Crippen LogP contribution in [0.5, 0.6) is 5.75 Å². The molecule has 1 aliphatic rings. The van der Waals surface area contributed by atoms with Crippen LogP contribution in [0.15, 0.2) is 56.6 Å². The second-order valence-corrected chi connectivity index (χ2v) is 6.81. The summed E-state index contributed by atoms with van der Waals surface area (Å²) in [5.41, 5.74) is 1.96. The molecule has 0 atom stereocenters. The van der Waals surface area contributed by atoms with Crippen LogP contribution in [0.4, 0.5) is 0 Å². The Morgan fingerprint density at radius 1 is 1.19 bits per heavy atom. The predicted octanol–water partition coefficient (Wildman–Crippen LogP) is 3.65. The number of rotatable bonds is 4. The molecule has 0 radical (unpaired) electrons. The van der Waals surface area contributed by atoms with Crippen molar-refractivity contribution in [2.24, 2.45) is 0 Å².